The highest BCUT2D eigenvalue weighted by atomic mass is 16.6. The van der Waals surface area contributed by atoms with Crippen molar-refractivity contribution < 1.29 is 19.0 Å². The van der Waals surface area contributed by atoms with Gasteiger partial charge in [0, 0.05) is 0 Å². The van der Waals surface area contributed by atoms with Crippen molar-refractivity contribution in [2.75, 3.05) is 12.8 Å². The van der Waals surface area contributed by atoms with Gasteiger partial charge in [0.1, 0.15) is 11.4 Å². The van der Waals surface area contributed by atoms with Crippen LogP contribution in [0.3, 0.4) is 0 Å². The van der Waals surface area contributed by atoms with E-state index in [1.54, 1.807) is 13.2 Å². The third kappa shape index (κ3) is 6.78. The molecule has 2 atom stereocenters. The zero-order valence-electron chi connectivity index (χ0n) is 14.8. The summed E-state index contributed by atoms with van der Waals surface area (Å²) in [5.41, 5.74) is 6.86. The van der Waals surface area contributed by atoms with E-state index in [9.17, 15) is 4.79 Å². The number of rotatable bonds is 6. The lowest BCUT2D eigenvalue weighted by molar-refractivity contribution is 0.0183. The van der Waals surface area contributed by atoms with E-state index in [0.29, 0.717) is 18.0 Å². The van der Waals surface area contributed by atoms with Crippen LogP contribution >= 0.6 is 0 Å². The van der Waals surface area contributed by atoms with E-state index in [-0.39, 0.29) is 12.1 Å². The van der Waals surface area contributed by atoms with Crippen LogP contribution in [0.25, 0.3) is 0 Å². The molecule has 1 unspecified atom stereocenters. The Hall–Kier alpha value is -1.95. The molecule has 0 radical (unpaired) electrons. The van der Waals surface area contributed by atoms with Gasteiger partial charge in [-0.3, -0.25) is 0 Å². The number of anilines is 1. The minimum atomic E-state index is -0.519. The van der Waals surface area contributed by atoms with Crippen LogP contribution in [0.2, 0.25) is 0 Å². The number of nitrogens with two attached hydrogens (primary N) is 1. The van der Waals surface area contributed by atoms with Crippen molar-refractivity contribution in [2.45, 2.75) is 59.0 Å². The van der Waals surface area contributed by atoms with E-state index in [1.807, 2.05) is 46.8 Å². The summed E-state index contributed by atoms with van der Waals surface area (Å²) < 4.78 is 16.1. The lowest BCUT2D eigenvalue weighted by Gasteiger charge is -2.25. The number of methoxy groups -OCH3 is 1. The summed E-state index contributed by atoms with van der Waals surface area (Å²) in [5, 5.41) is 2.77. The molecule has 0 heterocycles. The molecular weight excluding hydrogens is 296 g/mol. The summed E-state index contributed by atoms with van der Waals surface area (Å²) >= 11 is 0. The number of carbonyl (C=O) groups excluding carboxylic acids is 1. The molecule has 0 aliphatic heterocycles. The van der Waals surface area contributed by atoms with Crippen LogP contribution in [-0.4, -0.2) is 30.9 Å². The van der Waals surface area contributed by atoms with Gasteiger partial charge in [-0.05, 0) is 52.3 Å². The maximum atomic E-state index is 11.7. The Morgan fingerprint density at radius 1 is 1.30 bits per heavy atom. The number of ether oxygens (including phenoxy) is 3. The van der Waals surface area contributed by atoms with Gasteiger partial charge >= 0.3 is 6.09 Å². The van der Waals surface area contributed by atoms with Crippen LogP contribution in [0, 0.1) is 0 Å². The number of carbonyl (C=O) groups is 1. The van der Waals surface area contributed by atoms with E-state index in [0.717, 1.165) is 5.56 Å². The topological polar surface area (TPSA) is 82.8 Å². The lowest BCUT2D eigenvalue weighted by Crippen LogP contribution is -2.43. The van der Waals surface area contributed by atoms with Gasteiger partial charge in [-0.15, -0.1) is 0 Å². The van der Waals surface area contributed by atoms with Crippen LogP contribution in [0.15, 0.2) is 18.2 Å². The first kappa shape index (κ1) is 19.1. The summed E-state index contributed by atoms with van der Waals surface area (Å²) in [5.74, 6) is 0.641. The molecule has 0 bridgehead atoms. The Bertz CT molecular complexity index is 526. The molecular formula is C17H28N2O4. The number of hydrogen-bond acceptors (Lipinski definition) is 5. The first-order valence-electron chi connectivity index (χ1n) is 7.66. The van der Waals surface area contributed by atoms with Gasteiger partial charge in [-0.2, -0.15) is 0 Å². The van der Waals surface area contributed by atoms with E-state index in [2.05, 4.69) is 5.32 Å². The fourth-order valence-corrected chi connectivity index (χ4v) is 1.86. The third-order valence-electron chi connectivity index (χ3n) is 3.26. The van der Waals surface area contributed by atoms with Gasteiger partial charge in [0.25, 0.3) is 0 Å². The normalized spacial score (nSPS) is 14.0. The zero-order valence-corrected chi connectivity index (χ0v) is 14.8. The van der Waals surface area contributed by atoms with Crippen LogP contribution in [0.1, 0.15) is 40.2 Å². The van der Waals surface area contributed by atoms with Gasteiger partial charge in [0.05, 0.1) is 31.5 Å². The van der Waals surface area contributed by atoms with Crippen molar-refractivity contribution in [3.05, 3.63) is 23.8 Å². The molecule has 0 saturated heterocycles. The Kier molecular flexibility index (Phi) is 6.69. The minimum Gasteiger partial charge on any atom is -0.495 e. The summed E-state index contributed by atoms with van der Waals surface area (Å²) in [6, 6.07) is 5.34. The van der Waals surface area contributed by atoms with Crippen molar-refractivity contribution in [3.63, 3.8) is 0 Å². The van der Waals surface area contributed by atoms with E-state index < -0.39 is 11.7 Å². The van der Waals surface area contributed by atoms with Crippen LogP contribution in [0.4, 0.5) is 10.5 Å². The largest absolute Gasteiger partial charge is 0.495 e. The second kappa shape index (κ2) is 8.06. The summed E-state index contributed by atoms with van der Waals surface area (Å²) in [4.78, 5) is 11.7. The average molecular weight is 324 g/mol. The van der Waals surface area contributed by atoms with Gasteiger partial charge < -0.3 is 25.3 Å². The Morgan fingerprint density at radius 2 is 1.96 bits per heavy atom. The smallest absolute Gasteiger partial charge is 0.407 e. The average Bonchev–Trinajstić information content (AvgIpc) is 2.42. The molecule has 130 valence electrons. The molecule has 1 amide bonds. The number of nitrogens with one attached hydrogen (secondary N) is 1. The standard InChI is InChI=1S/C17H28N2O4/c1-11(19-16(20)23-17(3,4)5)12(2)22-10-13-7-8-15(21-6)14(18)9-13/h7-9,11-12H,10,18H2,1-6H3,(H,19,20)/t11-,12?/m0/s1. The van der Waals surface area contributed by atoms with Crippen LogP contribution in [0.5, 0.6) is 5.75 Å². The number of alkyl carbamates (subject to hydrolysis) is 1. The zero-order chi connectivity index (χ0) is 17.6. The third-order valence-corrected chi connectivity index (χ3v) is 3.26. The maximum absolute atomic E-state index is 11.7. The molecule has 6 heteroatoms. The molecule has 0 saturated carbocycles. The second-order valence-corrected chi connectivity index (χ2v) is 6.53. The van der Waals surface area contributed by atoms with Crippen molar-refractivity contribution in [1.82, 2.24) is 5.32 Å². The molecule has 23 heavy (non-hydrogen) atoms. The molecule has 1 aromatic rings. The van der Waals surface area contributed by atoms with Crippen molar-refractivity contribution in [2.24, 2.45) is 0 Å². The SMILES string of the molecule is COc1ccc(COC(C)[C@H](C)NC(=O)OC(C)(C)C)cc1N. The van der Waals surface area contributed by atoms with Gasteiger partial charge in [-0.25, -0.2) is 4.79 Å². The molecule has 1 aromatic carbocycles. The number of hydrogen-bond donors (Lipinski definition) is 2. The second-order valence-electron chi connectivity index (χ2n) is 6.53. The summed E-state index contributed by atoms with van der Waals surface area (Å²) in [6.07, 6.45) is -0.625. The van der Waals surface area contributed by atoms with Crippen LogP contribution < -0.4 is 15.8 Å². The van der Waals surface area contributed by atoms with Crippen LogP contribution in [-0.2, 0) is 16.1 Å². The first-order valence-corrected chi connectivity index (χ1v) is 7.66. The molecule has 0 aliphatic rings. The molecule has 0 aromatic heterocycles. The van der Waals surface area contributed by atoms with E-state index >= 15 is 0 Å². The molecule has 6 nitrogen and oxygen atoms in total. The fourth-order valence-electron chi connectivity index (χ4n) is 1.86. The molecule has 1 rings (SSSR count). The highest BCUT2D eigenvalue weighted by Crippen LogP contribution is 2.22. The first-order chi connectivity index (χ1) is 10.6. The highest BCUT2D eigenvalue weighted by molar-refractivity contribution is 5.68. The van der Waals surface area contributed by atoms with Crippen molar-refractivity contribution in [1.29, 1.82) is 0 Å². The predicted molar refractivity (Wildman–Crippen MR) is 90.5 cm³/mol. The van der Waals surface area contributed by atoms with E-state index in [1.165, 1.54) is 0 Å². The van der Waals surface area contributed by atoms with Gasteiger partial charge in [-0.1, -0.05) is 6.07 Å². The number of amides is 1. The lowest BCUT2D eigenvalue weighted by atomic mass is 10.2. The van der Waals surface area contributed by atoms with Crippen molar-refractivity contribution >= 4 is 11.8 Å². The maximum Gasteiger partial charge on any atom is 0.407 e. The predicted octanol–water partition coefficient (Wildman–Crippen LogP) is 3.10. The Morgan fingerprint density at radius 3 is 2.48 bits per heavy atom. The van der Waals surface area contributed by atoms with Gasteiger partial charge in [0.15, 0.2) is 0 Å². The summed E-state index contributed by atoms with van der Waals surface area (Å²) in [7, 11) is 1.58. The highest BCUT2D eigenvalue weighted by Gasteiger charge is 2.20. The molecule has 0 fully saturated rings. The van der Waals surface area contributed by atoms with Crippen molar-refractivity contribution in [3.8, 4) is 5.75 Å². The number of nitrogen functional groups attached to an aromatic ring is 1. The molecule has 0 spiro atoms. The fraction of sp³-hybridized carbons (Fsp3) is 0.588. The number of benzene rings is 1. The Balaban J connectivity index is 2.48. The quantitative estimate of drug-likeness (QED) is 0.786. The summed E-state index contributed by atoms with van der Waals surface area (Å²) in [6.45, 7) is 9.64. The molecule has 0 aliphatic carbocycles. The molecule has 3 N–H and O–H groups in total. The monoisotopic (exact) mass is 324 g/mol. The van der Waals surface area contributed by atoms with Gasteiger partial charge in [0.2, 0.25) is 0 Å². The van der Waals surface area contributed by atoms with E-state index in [4.69, 9.17) is 19.9 Å². The Labute approximate surface area is 138 Å². The minimum absolute atomic E-state index is 0.175.